The molecule has 2 rings (SSSR count). The molecular weight excluding hydrogens is 280 g/mol. The van der Waals surface area contributed by atoms with E-state index in [1.807, 2.05) is 12.1 Å². The summed E-state index contributed by atoms with van der Waals surface area (Å²) in [5.74, 6) is -0.0761. The lowest BCUT2D eigenvalue weighted by Gasteiger charge is -2.10. The smallest absolute Gasteiger partial charge is 0.183 e. The summed E-state index contributed by atoms with van der Waals surface area (Å²) in [6, 6.07) is 7.42. The molecule has 104 valence electrons. The van der Waals surface area contributed by atoms with Gasteiger partial charge in [0, 0.05) is 5.69 Å². The van der Waals surface area contributed by atoms with E-state index in [1.165, 1.54) is 0 Å². The van der Waals surface area contributed by atoms with E-state index in [0.29, 0.717) is 11.3 Å². The van der Waals surface area contributed by atoms with Gasteiger partial charge in [0.15, 0.2) is 11.5 Å². The number of nitrogens with two attached hydrogens (primary N) is 1. The Balaban J connectivity index is 2.93. The van der Waals surface area contributed by atoms with Crippen LogP contribution < -0.4 is 5.73 Å². The number of anilines is 1. The number of hydrogen-bond acceptors (Lipinski definition) is 7. The number of nitrogens with zero attached hydrogens (tertiary/aromatic N) is 7. The van der Waals surface area contributed by atoms with Gasteiger partial charge in [0.1, 0.15) is 41.2 Å². The lowest BCUT2D eigenvalue weighted by molar-refractivity contribution is 0.837. The molecule has 0 aliphatic heterocycles. The topological polar surface area (TPSA) is 152 Å². The second-order valence-corrected chi connectivity index (χ2v) is 4.36. The number of pyridine rings is 1. The first-order chi connectivity index (χ1) is 10.5. The second kappa shape index (κ2) is 5.25. The van der Waals surface area contributed by atoms with Crippen molar-refractivity contribution in [3.05, 3.63) is 33.6 Å². The molecule has 0 aliphatic carbocycles. The molecule has 2 heterocycles. The molecular formula is C14H8N8. The molecule has 0 atom stereocenters. The zero-order valence-electron chi connectivity index (χ0n) is 11.7. The van der Waals surface area contributed by atoms with Gasteiger partial charge in [-0.2, -0.15) is 30.8 Å². The number of aromatic nitrogens is 3. The summed E-state index contributed by atoms with van der Waals surface area (Å²) in [4.78, 5) is 4.23. The van der Waals surface area contributed by atoms with E-state index in [1.54, 1.807) is 26.0 Å². The van der Waals surface area contributed by atoms with E-state index in [-0.39, 0.29) is 34.0 Å². The van der Waals surface area contributed by atoms with Gasteiger partial charge in [0.2, 0.25) is 0 Å². The van der Waals surface area contributed by atoms with Gasteiger partial charge in [-0.05, 0) is 19.4 Å². The third-order valence-electron chi connectivity index (χ3n) is 3.23. The van der Waals surface area contributed by atoms with E-state index in [0.717, 1.165) is 4.68 Å². The van der Waals surface area contributed by atoms with Gasteiger partial charge in [-0.25, -0.2) is 4.98 Å². The van der Waals surface area contributed by atoms with Crippen LogP contribution in [0.15, 0.2) is 0 Å². The maximum Gasteiger partial charge on any atom is 0.183 e. The van der Waals surface area contributed by atoms with Gasteiger partial charge in [-0.3, -0.25) is 0 Å². The van der Waals surface area contributed by atoms with Crippen LogP contribution in [0.4, 0.5) is 5.82 Å². The fraction of sp³-hybridized carbons (Fsp3) is 0.143. The van der Waals surface area contributed by atoms with Crippen molar-refractivity contribution in [2.45, 2.75) is 13.8 Å². The minimum atomic E-state index is -0.164. The molecule has 2 aromatic rings. The summed E-state index contributed by atoms with van der Waals surface area (Å²) in [6.07, 6.45) is 0. The predicted octanol–water partition coefficient (Wildman–Crippen LogP) is 0.953. The molecule has 0 saturated heterocycles. The van der Waals surface area contributed by atoms with Crippen molar-refractivity contribution in [3.8, 4) is 30.1 Å². The third kappa shape index (κ3) is 1.89. The monoisotopic (exact) mass is 288 g/mol. The first-order valence-electron chi connectivity index (χ1n) is 6.00. The Morgan fingerprint density at radius 3 is 1.95 bits per heavy atom. The lowest BCUT2D eigenvalue weighted by Crippen LogP contribution is -2.11. The molecule has 0 radical (unpaired) electrons. The summed E-state index contributed by atoms with van der Waals surface area (Å²) in [7, 11) is 0. The highest BCUT2D eigenvalue weighted by atomic mass is 15.3. The van der Waals surface area contributed by atoms with Gasteiger partial charge >= 0.3 is 0 Å². The van der Waals surface area contributed by atoms with Gasteiger partial charge < -0.3 is 5.73 Å². The summed E-state index contributed by atoms with van der Waals surface area (Å²) in [6.45, 7) is 3.36. The highest BCUT2D eigenvalue weighted by molar-refractivity contribution is 5.64. The maximum atomic E-state index is 9.34. The minimum Gasteiger partial charge on any atom is -0.382 e. The molecule has 22 heavy (non-hydrogen) atoms. The van der Waals surface area contributed by atoms with E-state index < -0.39 is 0 Å². The number of nitriles is 4. The molecule has 0 aromatic carbocycles. The lowest BCUT2D eigenvalue weighted by atomic mass is 10.0. The zero-order valence-corrected chi connectivity index (χ0v) is 11.7. The van der Waals surface area contributed by atoms with E-state index in [4.69, 9.17) is 16.3 Å². The molecule has 0 bridgehead atoms. The Bertz CT molecular complexity index is 953. The number of rotatable bonds is 1. The fourth-order valence-electron chi connectivity index (χ4n) is 1.96. The van der Waals surface area contributed by atoms with Crippen LogP contribution in [0.3, 0.4) is 0 Å². The van der Waals surface area contributed by atoms with Crippen molar-refractivity contribution in [1.29, 1.82) is 21.0 Å². The first kappa shape index (κ1) is 14.5. The van der Waals surface area contributed by atoms with Crippen molar-refractivity contribution in [2.75, 3.05) is 5.73 Å². The van der Waals surface area contributed by atoms with Gasteiger partial charge in [-0.1, -0.05) is 0 Å². The molecule has 2 aromatic heterocycles. The van der Waals surface area contributed by atoms with Crippen LogP contribution in [-0.2, 0) is 0 Å². The largest absolute Gasteiger partial charge is 0.382 e. The summed E-state index contributed by atoms with van der Waals surface area (Å²) < 4.78 is 1.04. The number of aryl methyl sites for hydroxylation is 1. The Labute approximate surface area is 125 Å². The highest BCUT2D eigenvalue weighted by Gasteiger charge is 2.22. The van der Waals surface area contributed by atoms with Crippen LogP contribution in [0, 0.1) is 59.2 Å². The molecule has 0 aliphatic rings. The normalized spacial score (nSPS) is 9.36. The number of nitrogen functional groups attached to an aromatic ring is 1. The maximum absolute atomic E-state index is 9.34. The van der Waals surface area contributed by atoms with Crippen molar-refractivity contribution in [3.63, 3.8) is 0 Å². The van der Waals surface area contributed by atoms with Crippen molar-refractivity contribution in [1.82, 2.24) is 14.8 Å². The van der Waals surface area contributed by atoms with Crippen molar-refractivity contribution in [2.24, 2.45) is 0 Å². The minimum absolute atomic E-state index is 0.00576. The Morgan fingerprint density at radius 2 is 1.50 bits per heavy atom. The summed E-state index contributed by atoms with van der Waals surface area (Å²) >= 11 is 0. The Kier molecular flexibility index (Phi) is 3.46. The quantitative estimate of drug-likeness (QED) is 0.819. The molecule has 0 spiro atoms. The second-order valence-electron chi connectivity index (χ2n) is 4.36. The Morgan fingerprint density at radius 1 is 0.909 bits per heavy atom. The average Bonchev–Trinajstić information content (AvgIpc) is 2.84. The molecule has 8 nitrogen and oxygen atoms in total. The van der Waals surface area contributed by atoms with Crippen LogP contribution in [-0.4, -0.2) is 14.8 Å². The number of hydrogen-bond donors (Lipinski definition) is 1. The van der Waals surface area contributed by atoms with Crippen LogP contribution in [0.1, 0.15) is 33.6 Å². The summed E-state index contributed by atoms with van der Waals surface area (Å²) in [5.41, 5.74) is 6.82. The zero-order chi connectivity index (χ0) is 16.4. The van der Waals surface area contributed by atoms with E-state index in [9.17, 15) is 10.5 Å². The molecule has 0 saturated carbocycles. The average molecular weight is 288 g/mol. The molecule has 0 fully saturated rings. The van der Waals surface area contributed by atoms with Gasteiger partial charge in [0.05, 0.1) is 5.56 Å². The molecule has 8 heteroatoms. The molecule has 0 unspecified atom stereocenters. The van der Waals surface area contributed by atoms with E-state index in [2.05, 4.69) is 10.1 Å². The highest BCUT2D eigenvalue weighted by Crippen LogP contribution is 2.25. The van der Waals surface area contributed by atoms with Crippen LogP contribution >= 0.6 is 0 Å². The summed E-state index contributed by atoms with van der Waals surface area (Å²) in [5, 5.41) is 40.5. The van der Waals surface area contributed by atoms with E-state index >= 15 is 0 Å². The molecule has 0 amide bonds. The standard InChI is InChI=1S/C14H8N8/c1-7-8(2)20-14(10(4-16)9(7)3-15)22-13(19)11(5-17)12(6-18)21-22/h19H2,1-2H3. The van der Waals surface area contributed by atoms with Crippen LogP contribution in [0.25, 0.3) is 5.82 Å². The van der Waals surface area contributed by atoms with Gasteiger partial charge in [0.25, 0.3) is 0 Å². The van der Waals surface area contributed by atoms with Crippen LogP contribution in [0.2, 0.25) is 0 Å². The Hall–Kier alpha value is -3.88. The molecule has 2 N–H and O–H groups in total. The third-order valence-corrected chi connectivity index (χ3v) is 3.23. The first-order valence-corrected chi connectivity index (χ1v) is 6.00. The van der Waals surface area contributed by atoms with Crippen molar-refractivity contribution >= 4 is 5.82 Å². The SMILES string of the molecule is Cc1nc(-n2nc(C#N)c(C#N)c2N)c(C#N)c(C#N)c1C. The van der Waals surface area contributed by atoms with Crippen LogP contribution in [0.5, 0.6) is 0 Å². The predicted molar refractivity (Wildman–Crippen MR) is 74.1 cm³/mol. The van der Waals surface area contributed by atoms with Gasteiger partial charge in [-0.15, -0.1) is 0 Å². The van der Waals surface area contributed by atoms with Crippen molar-refractivity contribution < 1.29 is 0 Å². The fourth-order valence-corrected chi connectivity index (χ4v) is 1.96.